The minimum absolute atomic E-state index is 0.271. The third-order valence-electron chi connectivity index (χ3n) is 4.36. The van der Waals surface area contributed by atoms with E-state index in [1.165, 1.54) is 3.71 Å². The van der Waals surface area contributed by atoms with Crippen LogP contribution < -0.4 is 3.71 Å². The van der Waals surface area contributed by atoms with Crippen molar-refractivity contribution in [2.45, 2.75) is 65.7 Å². The number of hydrogen-bond donors (Lipinski definition) is 0. The summed E-state index contributed by atoms with van der Waals surface area (Å²) in [5.74, 6) is 0. The standard InChI is InChI=1S/C13H27.C5H4N.Sn/c1-11(2,3)10(12(4,5)6)13(7,8)9;1-2-4-6-5-3-1;/h1-9H3;1-4H;. The van der Waals surface area contributed by atoms with Gasteiger partial charge in [0.25, 0.3) is 0 Å². The van der Waals surface area contributed by atoms with Crippen LogP contribution in [0.1, 0.15) is 62.3 Å². The maximum absolute atomic E-state index is 4.68. The van der Waals surface area contributed by atoms with E-state index in [1.807, 2.05) is 12.3 Å². The molecule has 0 aliphatic carbocycles. The first-order chi connectivity index (χ1) is 8.83. The number of aromatic nitrogens is 1. The van der Waals surface area contributed by atoms with E-state index in [-0.39, 0.29) is 16.2 Å². The summed E-state index contributed by atoms with van der Waals surface area (Å²) in [5, 5.41) is 0. The van der Waals surface area contributed by atoms with Gasteiger partial charge in [0, 0.05) is 0 Å². The molecule has 2 heteroatoms. The molecule has 0 amide bonds. The molecule has 20 heavy (non-hydrogen) atoms. The van der Waals surface area contributed by atoms with E-state index >= 15 is 0 Å². The van der Waals surface area contributed by atoms with E-state index in [4.69, 9.17) is 0 Å². The van der Waals surface area contributed by atoms with Crippen molar-refractivity contribution in [3.63, 3.8) is 0 Å². The van der Waals surface area contributed by atoms with Gasteiger partial charge >= 0.3 is 136 Å². The topological polar surface area (TPSA) is 12.9 Å². The van der Waals surface area contributed by atoms with Crippen molar-refractivity contribution < 1.29 is 0 Å². The van der Waals surface area contributed by atoms with E-state index in [1.54, 1.807) is 0 Å². The van der Waals surface area contributed by atoms with E-state index in [9.17, 15) is 0 Å². The molecule has 1 nitrogen and oxygen atoms in total. The summed E-state index contributed by atoms with van der Waals surface area (Å²) in [6, 6.07) is 6.40. The zero-order valence-corrected chi connectivity index (χ0v) is 17.6. The van der Waals surface area contributed by atoms with Crippen molar-refractivity contribution >= 4 is 24.9 Å². The fourth-order valence-corrected chi connectivity index (χ4v) is 9.78. The summed E-state index contributed by atoms with van der Waals surface area (Å²) in [6.07, 6.45) is 1.95. The van der Waals surface area contributed by atoms with Crippen LogP contribution in [0.3, 0.4) is 0 Å². The molecule has 0 aliphatic heterocycles. The van der Waals surface area contributed by atoms with Gasteiger partial charge in [-0.15, -0.1) is 0 Å². The van der Waals surface area contributed by atoms with Crippen LogP contribution in [0, 0.1) is 16.2 Å². The van der Waals surface area contributed by atoms with Crippen LogP contribution in [0.25, 0.3) is 0 Å². The minimum atomic E-state index is -0.874. The Morgan fingerprint density at radius 2 is 1.20 bits per heavy atom. The first-order valence-corrected chi connectivity index (χ1v) is 10.4. The molecular weight excluding hydrogens is 349 g/mol. The first-order valence-electron chi connectivity index (χ1n) is 7.52. The van der Waals surface area contributed by atoms with Gasteiger partial charge in [-0.25, -0.2) is 0 Å². The van der Waals surface area contributed by atoms with Crippen molar-refractivity contribution in [3.8, 4) is 0 Å². The Bertz CT molecular complexity index is 393. The predicted octanol–water partition coefficient (Wildman–Crippen LogP) is 4.71. The summed E-state index contributed by atoms with van der Waals surface area (Å²) in [4.78, 5) is 4.68. The van der Waals surface area contributed by atoms with Crippen LogP contribution in [-0.4, -0.2) is 26.1 Å². The van der Waals surface area contributed by atoms with Gasteiger partial charge in [-0.05, 0) is 0 Å². The molecule has 0 saturated carbocycles. The molecule has 1 heterocycles. The van der Waals surface area contributed by atoms with Crippen molar-refractivity contribution in [1.29, 1.82) is 0 Å². The Hall–Kier alpha value is -0.0513. The molecule has 0 atom stereocenters. The van der Waals surface area contributed by atoms with Gasteiger partial charge in [-0.2, -0.15) is 0 Å². The molecule has 0 N–H and O–H groups in total. The average molecular weight is 380 g/mol. The number of nitrogens with zero attached hydrogens (tertiary/aromatic N) is 1. The Morgan fingerprint density at radius 3 is 1.50 bits per heavy atom. The van der Waals surface area contributed by atoms with Gasteiger partial charge in [-0.3, -0.25) is 0 Å². The SMILES string of the molecule is CC(C)(C)[C]([Sn][c]1ccccn1)(C(C)(C)C)C(C)(C)C. The molecule has 0 aliphatic rings. The zero-order valence-electron chi connectivity index (χ0n) is 14.8. The van der Waals surface area contributed by atoms with Crippen molar-refractivity contribution in [2.75, 3.05) is 0 Å². The Kier molecular flexibility index (Phi) is 5.06. The molecule has 0 unspecified atom stereocenters. The predicted molar refractivity (Wildman–Crippen MR) is 90.7 cm³/mol. The van der Waals surface area contributed by atoms with E-state index < -0.39 is 21.1 Å². The Balaban J connectivity index is 3.48. The number of pyridine rings is 1. The van der Waals surface area contributed by atoms with Gasteiger partial charge in [0.05, 0.1) is 0 Å². The van der Waals surface area contributed by atoms with Crippen molar-refractivity contribution in [2.24, 2.45) is 16.2 Å². The first kappa shape index (κ1) is 18.0. The average Bonchev–Trinajstić information content (AvgIpc) is 2.22. The van der Waals surface area contributed by atoms with Gasteiger partial charge < -0.3 is 0 Å². The van der Waals surface area contributed by atoms with Gasteiger partial charge in [-0.1, -0.05) is 0 Å². The molecule has 1 aromatic heterocycles. The number of hydrogen-bond acceptors (Lipinski definition) is 1. The van der Waals surface area contributed by atoms with E-state index in [2.05, 4.69) is 79.4 Å². The van der Waals surface area contributed by atoms with Gasteiger partial charge in [0.15, 0.2) is 0 Å². The Morgan fingerprint density at radius 1 is 0.750 bits per heavy atom. The fourth-order valence-electron chi connectivity index (χ4n) is 4.57. The molecule has 0 fully saturated rings. The molecule has 0 saturated heterocycles. The summed E-state index contributed by atoms with van der Waals surface area (Å²) in [7, 11) is 0. The quantitative estimate of drug-likeness (QED) is 0.678. The maximum atomic E-state index is 4.68. The van der Waals surface area contributed by atoms with Crippen molar-refractivity contribution in [1.82, 2.24) is 4.98 Å². The molecule has 0 spiro atoms. The molecule has 112 valence electrons. The van der Waals surface area contributed by atoms with E-state index in [0.29, 0.717) is 3.43 Å². The molecular formula is C18H31NSn. The van der Waals surface area contributed by atoms with Crippen LogP contribution in [0.15, 0.2) is 24.4 Å². The second-order valence-corrected chi connectivity index (χ2v) is 13.2. The second-order valence-electron chi connectivity index (χ2n) is 8.84. The van der Waals surface area contributed by atoms with E-state index in [0.717, 1.165) is 0 Å². The van der Waals surface area contributed by atoms with Crippen LogP contribution in [0.5, 0.6) is 0 Å². The van der Waals surface area contributed by atoms with Crippen molar-refractivity contribution in [3.05, 3.63) is 24.4 Å². The second kappa shape index (κ2) is 5.62. The van der Waals surface area contributed by atoms with Crippen LogP contribution in [0.4, 0.5) is 0 Å². The van der Waals surface area contributed by atoms with Crippen LogP contribution >= 0.6 is 0 Å². The van der Waals surface area contributed by atoms with Crippen LogP contribution in [-0.2, 0) is 0 Å². The summed E-state index contributed by atoms with van der Waals surface area (Å²) >= 11 is -0.874. The molecule has 2 radical (unpaired) electrons. The third kappa shape index (κ3) is 3.23. The third-order valence-corrected chi connectivity index (χ3v) is 13.4. The van der Waals surface area contributed by atoms with Crippen LogP contribution in [0.2, 0.25) is 3.43 Å². The molecule has 0 aromatic carbocycles. The summed E-state index contributed by atoms with van der Waals surface area (Å²) in [5.41, 5.74) is 0.813. The normalized spacial score (nSPS) is 14.4. The molecule has 1 rings (SSSR count). The zero-order chi connectivity index (χ0) is 15.8. The summed E-state index contributed by atoms with van der Waals surface area (Å²) < 4.78 is 1.70. The Labute approximate surface area is 136 Å². The van der Waals surface area contributed by atoms with Gasteiger partial charge in [0.1, 0.15) is 0 Å². The number of rotatable bonds is 2. The monoisotopic (exact) mass is 381 g/mol. The fraction of sp³-hybridized carbons (Fsp3) is 0.722. The summed E-state index contributed by atoms with van der Waals surface area (Å²) in [6.45, 7) is 21.8. The van der Waals surface area contributed by atoms with Gasteiger partial charge in [0.2, 0.25) is 0 Å². The molecule has 1 aromatic rings. The molecule has 0 bridgehead atoms.